The molecule has 0 saturated heterocycles. The molecule has 0 unspecified atom stereocenters. The number of hydrogen-bond acceptors (Lipinski definition) is 2. The van der Waals surface area contributed by atoms with Crippen LogP contribution in [0, 0.1) is 0 Å². The quantitative estimate of drug-likeness (QED) is 0.712. The maximum absolute atomic E-state index is 5.54. The van der Waals surface area contributed by atoms with Gasteiger partial charge in [-0.1, -0.05) is 30.3 Å². The third kappa shape index (κ3) is 3.62. The van der Waals surface area contributed by atoms with Crippen LogP contribution < -0.4 is 5.73 Å². The van der Waals surface area contributed by atoms with Gasteiger partial charge in [-0.3, -0.25) is 4.90 Å². The summed E-state index contributed by atoms with van der Waals surface area (Å²) in [5, 5.41) is 0. The van der Waals surface area contributed by atoms with Crippen molar-refractivity contribution in [2.45, 2.75) is 38.3 Å². The third-order valence-corrected chi connectivity index (χ3v) is 3.19. The lowest BCUT2D eigenvalue weighted by molar-refractivity contribution is 0.250. The van der Waals surface area contributed by atoms with E-state index in [1.165, 1.54) is 31.4 Å². The molecule has 0 amide bonds. The van der Waals surface area contributed by atoms with Crippen molar-refractivity contribution in [3.8, 4) is 0 Å². The first-order valence-corrected chi connectivity index (χ1v) is 6.38. The van der Waals surface area contributed by atoms with Crippen molar-refractivity contribution < 1.29 is 0 Å². The van der Waals surface area contributed by atoms with Crippen LogP contribution >= 0.6 is 0 Å². The molecule has 2 heteroatoms. The summed E-state index contributed by atoms with van der Waals surface area (Å²) in [5.41, 5.74) is 6.97. The van der Waals surface area contributed by atoms with E-state index in [1.54, 1.807) is 0 Å². The molecule has 1 fully saturated rings. The van der Waals surface area contributed by atoms with Crippen LogP contribution in [0.5, 0.6) is 0 Å². The fourth-order valence-electron chi connectivity index (χ4n) is 2.11. The van der Waals surface area contributed by atoms with Gasteiger partial charge in [0.15, 0.2) is 0 Å². The second-order valence-electron chi connectivity index (χ2n) is 4.68. The summed E-state index contributed by atoms with van der Waals surface area (Å²) in [6.07, 6.45) is 5.16. The minimum absolute atomic E-state index is 0.823. The van der Waals surface area contributed by atoms with Crippen LogP contribution in [0.1, 0.15) is 31.2 Å². The van der Waals surface area contributed by atoms with Crippen LogP contribution in [0.3, 0.4) is 0 Å². The average molecular weight is 218 g/mol. The van der Waals surface area contributed by atoms with Crippen LogP contribution in [0.2, 0.25) is 0 Å². The van der Waals surface area contributed by atoms with Crippen molar-refractivity contribution in [2.24, 2.45) is 5.73 Å². The fraction of sp³-hybridized carbons (Fsp3) is 0.571. The van der Waals surface area contributed by atoms with Gasteiger partial charge in [-0.05, 0) is 44.3 Å². The maximum Gasteiger partial charge on any atom is 0.0236 e. The van der Waals surface area contributed by atoms with Gasteiger partial charge in [0.2, 0.25) is 0 Å². The summed E-state index contributed by atoms with van der Waals surface area (Å²) in [6, 6.07) is 11.6. The Labute approximate surface area is 98.4 Å². The van der Waals surface area contributed by atoms with E-state index >= 15 is 0 Å². The highest BCUT2D eigenvalue weighted by Crippen LogP contribution is 2.28. The second kappa shape index (κ2) is 6.02. The van der Waals surface area contributed by atoms with Gasteiger partial charge in [-0.15, -0.1) is 0 Å². The smallest absolute Gasteiger partial charge is 0.0236 e. The SMILES string of the molecule is NCCCCN(Cc1ccccc1)C1CC1. The number of nitrogens with zero attached hydrogens (tertiary/aromatic N) is 1. The summed E-state index contributed by atoms with van der Waals surface area (Å²) in [5.74, 6) is 0. The largest absolute Gasteiger partial charge is 0.330 e. The zero-order valence-corrected chi connectivity index (χ0v) is 9.94. The van der Waals surface area contributed by atoms with Crippen LogP contribution in [-0.2, 0) is 6.54 Å². The highest BCUT2D eigenvalue weighted by atomic mass is 15.2. The fourth-order valence-corrected chi connectivity index (χ4v) is 2.11. The molecule has 0 atom stereocenters. The molecule has 1 aliphatic rings. The first kappa shape index (κ1) is 11.6. The van der Waals surface area contributed by atoms with Crippen molar-refractivity contribution in [1.82, 2.24) is 4.90 Å². The molecule has 16 heavy (non-hydrogen) atoms. The molecule has 0 bridgehead atoms. The topological polar surface area (TPSA) is 29.3 Å². The summed E-state index contributed by atoms with van der Waals surface area (Å²) in [4.78, 5) is 2.62. The number of nitrogens with two attached hydrogens (primary N) is 1. The van der Waals surface area contributed by atoms with Crippen molar-refractivity contribution in [2.75, 3.05) is 13.1 Å². The van der Waals surface area contributed by atoms with E-state index in [-0.39, 0.29) is 0 Å². The van der Waals surface area contributed by atoms with Gasteiger partial charge >= 0.3 is 0 Å². The summed E-state index contributed by atoms with van der Waals surface area (Å²) in [6.45, 7) is 3.14. The Morgan fingerprint density at radius 2 is 1.88 bits per heavy atom. The summed E-state index contributed by atoms with van der Waals surface area (Å²) < 4.78 is 0. The first-order valence-electron chi connectivity index (χ1n) is 6.38. The zero-order valence-electron chi connectivity index (χ0n) is 9.94. The van der Waals surface area contributed by atoms with Crippen LogP contribution in [0.15, 0.2) is 30.3 Å². The maximum atomic E-state index is 5.54. The number of hydrogen-bond donors (Lipinski definition) is 1. The second-order valence-corrected chi connectivity index (χ2v) is 4.68. The minimum Gasteiger partial charge on any atom is -0.330 e. The van der Waals surface area contributed by atoms with Gasteiger partial charge in [0, 0.05) is 12.6 Å². The molecule has 88 valence electrons. The molecule has 2 nitrogen and oxygen atoms in total. The van der Waals surface area contributed by atoms with E-state index in [9.17, 15) is 0 Å². The van der Waals surface area contributed by atoms with E-state index in [1.807, 2.05) is 0 Å². The molecule has 1 saturated carbocycles. The van der Waals surface area contributed by atoms with Gasteiger partial charge in [0.1, 0.15) is 0 Å². The number of rotatable bonds is 7. The Morgan fingerprint density at radius 3 is 2.50 bits per heavy atom. The highest BCUT2D eigenvalue weighted by Gasteiger charge is 2.28. The number of benzene rings is 1. The molecule has 0 heterocycles. The molecule has 1 aromatic carbocycles. The van der Waals surface area contributed by atoms with Gasteiger partial charge in [-0.25, -0.2) is 0 Å². The van der Waals surface area contributed by atoms with E-state index in [0.29, 0.717) is 0 Å². The molecule has 0 aromatic heterocycles. The van der Waals surface area contributed by atoms with Crippen LogP contribution in [0.25, 0.3) is 0 Å². The van der Waals surface area contributed by atoms with E-state index < -0.39 is 0 Å². The van der Waals surface area contributed by atoms with Crippen molar-refractivity contribution >= 4 is 0 Å². The monoisotopic (exact) mass is 218 g/mol. The van der Waals surface area contributed by atoms with Crippen LogP contribution in [0.4, 0.5) is 0 Å². The lowest BCUT2D eigenvalue weighted by Gasteiger charge is -2.21. The van der Waals surface area contributed by atoms with Crippen molar-refractivity contribution in [3.05, 3.63) is 35.9 Å². The zero-order chi connectivity index (χ0) is 11.2. The van der Waals surface area contributed by atoms with Gasteiger partial charge in [0.05, 0.1) is 0 Å². The average Bonchev–Trinajstić information content (AvgIpc) is 3.13. The lowest BCUT2D eigenvalue weighted by Crippen LogP contribution is -2.27. The Hall–Kier alpha value is -0.860. The molecular weight excluding hydrogens is 196 g/mol. The Kier molecular flexibility index (Phi) is 4.37. The molecule has 1 aromatic rings. The van der Waals surface area contributed by atoms with E-state index in [4.69, 9.17) is 5.73 Å². The van der Waals surface area contributed by atoms with E-state index in [0.717, 1.165) is 25.6 Å². The van der Waals surface area contributed by atoms with Gasteiger partial charge < -0.3 is 5.73 Å². The highest BCUT2D eigenvalue weighted by molar-refractivity contribution is 5.14. The van der Waals surface area contributed by atoms with Crippen molar-refractivity contribution in [3.63, 3.8) is 0 Å². The molecule has 0 aliphatic heterocycles. The lowest BCUT2D eigenvalue weighted by atomic mass is 10.2. The normalized spacial score (nSPS) is 15.6. The third-order valence-electron chi connectivity index (χ3n) is 3.19. The summed E-state index contributed by atoms with van der Waals surface area (Å²) in [7, 11) is 0. The standard InChI is InChI=1S/C14H22N2/c15-10-4-5-11-16(14-8-9-14)12-13-6-2-1-3-7-13/h1-3,6-7,14H,4-5,8-12,15H2. The molecular formula is C14H22N2. The Bertz CT molecular complexity index is 293. The first-order chi connectivity index (χ1) is 7.90. The van der Waals surface area contributed by atoms with Crippen LogP contribution in [-0.4, -0.2) is 24.0 Å². The molecule has 2 N–H and O–H groups in total. The molecule has 0 radical (unpaired) electrons. The predicted molar refractivity (Wildman–Crippen MR) is 68.2 cm³/mol. The Balaban J connectivity index is 1.83. The minimum atomic E-state index is 0.823. The molecule has 0 spiro atoms. The van der Waals surface area contributed by atoms with Gasteiger partial charge in [0.25, 0.3) is 0 Å². The van der Waals surface area contributed by atoms with Gasteiger partial charge in [-0.2, -0.15) is 0 Å². The summed E-state index contributed by atoms with van der Waals surface area (Å²) >= 11 is 0. The Morgan fingerprint density at radius 1 is 1.12 bits per heavy atom. The van der Waals surface area contributed by atoms with E-state index in [2.05, 4.69) is 35.2 Å². The predicted octanol–water partition coefficient (Wildman–Crippen LogP) is 2.39. The molecule has 1 aliphatic carbocycles. The number of unbranched alkanes of at least 4 members (excludes halogenated alkanes) is 1. The molecule has 2 rings (SSSR count). The van der Waals surface area contributed by atoms with Crippen molar-refractivity contribution in [1.29, 1.82) is 0 Å².